The Morgan fingerprint density at radius 1 is 1.00 bits per heavy atom. The van der Waals surface area contributed by atoms with E-state index in [9.17, 15) is 4.39 Å². The quantitative estimate of drug-likeness (QED) is 0.415. The Morgan fingerprint density at radius 2 is 1.87 bits per heavy atom. The van der Waals surface area contributed by atoms with Gasteiger partial charge >= 0.3 is 0 Å². The molecule has 0 saturated carbocycles. The smallest absolute Gasteiger partial charge is 0.191 e. The summed E-state index contributed by atoms with van der Waals surface area (Å²) in [7, 11) is 0. The molecule has 2 N–H and O–H groups in total. The number of hydrogen-bond donors (Lipinski definition) is 2. The second-order valence-corrected chi connectivity index (χ2v) is 6.76. The normalized spacial score (nSPS) is 11.2. The molecule has 0 amide bonds. The molecule has 3 rings (SSSR count). The first-order valence-electron chi connectivity index (χ1n) is 10.1. The molecule has 3 aromatic rings. The third kappa shape index (κ3) is 7.20. The van der Waals surface area contributed by atoms with Crippen molar-refractivity contribution in [3.05, 3.63) is 95.6 Å². The van der Waals surface area contributed by atoms with Crippen molar-refractivity contribution in [3.63, 3.8) is 0 Å². The second-order valence-electron chi connectivity index (χ2n) is 6.76. The summed E-state index contributed by atoms with van der Waals surface area (Å²) in [6.45, 7) is 4.47. The molecule has 1 aromatic heterocycles. The van der Waals surface area contributed by atoms with E-state index in [0.29, 0.717) is 19.7 Å². The third-order valence-corrected chi connectivity index (χ3v) is 4.40. The summed E-state index contributed by atoms with van der Waals surface area (Å²) in [6.07, 6.45) is 2.48. The first-order chi connectivity index (χ1) is 14.7. The fraction of sp³-hybridized carbons (Fsp3) is 0.250. The highest BCUT2D eigenvalue weighted by Gasteiger charge is 2.01. The van der Waals surface area contributed by atoms with Gasteiger partial charge in [-0.3, -0.25) is 4.98 Å². The number of nitrogens with zero attached hydrogens (tertiary/aromatic N) is 2. The van der Waals surface area contributed by atoms with E-state index >= 15 is 0 Å². The zero-order valence-corrected chi connectivity index (χ0v) is 17.1. The number of ether oxygens (including phenoxy) is 1. The van der Waals surface area contributed by atoms with Crippen LogP contribution in [0.1, 0.15) is 23.7 Å². The van der Waals surface area contributed by atoms with E-state index in [0.717, 1.165) is 41.5 Å². The predicted octanol–water partition coefficient (Wildman–Crippen LogP) is 4.10. The molecule has 0 radical (unpaired) electrons. The molecule has 0 fully saturated rings. The van der Waals surface area contributed by atoms with E-state index in [-0.39, 0.29) is 5.82 Å². The van der Waals surface area contributed by atoms with E-state index in [1.54, 1.807) is 18.3 Å². The number of guanidine groups is 1. The number of aliphatic imine (C=N–C) groups is 1. The average molecular weight is 407 g/mol. The number of rotatable bonds is 9. The lowest BCUT2D eigenvalue weighted by Crippen LogP contribution is -2.38. The summed E-state index contributed by atoms with van der Waals surface area (Å²) in [5.41, 5.74) is 2.94. The van der Waals surface area contributed by atoms with E-state index in [1.165, 1.54) is 6.07 Å². The molecule has 0 aliphatic carbocycles. The Labute approximate surface area is 177 Å². The van der Waals surface area contributed by atoms with Crippen LogP contribution >= 0.6 is 0 Å². The molecule has 0 spiro atoms. The molecular weight excluding hydrogens is 379 g/mol. The molecule has 0 bridgehead atoms. The molecule has 2 aromatic carbocycles. The molecule has 6 heteroatoms. The Hall–Kier alpha value is -3.41. The van der Waals surface area contributed by atoms with Crippen molar-refractivity contribution < 1.29 is 9.13 Å². The van der Waals surface area contributed by atoms with Crippen LogP contribution in [0.2, 0.25) is 0 Å². The monoisotopic (exact) mass is 406 g/mol. The van der Waals surface area contributed by atoms with Crippen LogP contribution in [0.4, 0.5) is 4.39 Å². The SMILES string of the molecule is CCNC(=NCc1ccc(OCc2ccccn2)cc1)NCCc1cccc(F)c1. The van der Waals surface area contributed by atoms with Crippen LogP contribution in [0.25, 0.3) is 0 Å². The van der Waals surface area contributed by atoms with Crippen molar-refractivity contribution in [1.82, 2.24) is 15.6 Å². The summed E-state index contributed by atoms with van der Waals surface area (Å²) in [6, 6.07) is 20.3. The minimum Gasteiger partial charge on any atom is -0.487 e. The highest BCUT2D eigenvalue weighted by Crippen LogP contribution is 2.14. The summed E-state index contributed by atoms with van der Waals surface area (Å²) in [5, 5.41) is 6.53. The van der Waals surface area contributed by atoms with Crippen LogP contribution in [0.3, 0.4) is 0 Å². The Bertz CT molecular complexity index is 929. The zero-order chi connectivity index (χ0) is 21.0. The van der Waals surface area contributed by atoms with Crippen LogP contribution in [-0.4, -0.2) is 24.0 Å². The fourth-order valence-electron chi connectivity index (χ4n) is 2.86. The van der Waals surface area contributed by atoms with Crippen molar-refractivity contribution in [3.8, 4) is 5.75 Å². The van der Waals surface area contributed by atoms with Crippen LogP contribution < -0.4 is 15.4 Å². The van der Waals surface area contributed by atoms with Gasteiger partial charge in [0.05, 0.1) is 12.2 Å². The molecule has 5 nitrogen and oxygen atoms in total. The number of benzene rings is 2. The van der Waals surface area contributed by atoms with E-state index in [1.807, 2.05) is 55.5 Å². The molecule has 1 heterocycles. The van der Waals surface area contributed by atoms with Crippen LogP contribution in [0.15, 0.2) is 77.9 Å². The molecule has 0 atom stereocenters. The van der Waals surface area contributed by atoms with Gasteiger partial charge < -0.3 is 15.4 Å². The van der Waals surface area contributed by atoms with Crippen molar-refractivity contribution in [2.45, 2.75) is 26.5 Å². The molecule has 0 saturated heterocycles. The van der Waals surface area contributed by atoms with Gasteiger partial charge in [0, 0.05) is 19.3 Å². The standard InChI is InChI=1S/C24H27FN4O/c1-2-26-24(28-15-13-19-6-5-7-21(25)16-19)29-17-20-9-11-23(12-10-20)30-18-22-8-3-4-14-27-22/h3-12,14,16H,2,13,15,17-18H2,1H3,(H2,26,28,29). The Morgan fingerprint density at radius 3 is 2.60 bits per heavy atom. The van der Waals surface area contributed by atoms with Gasteiger partial charge in [-0.1, -0.05) is 30.3 Å². The molecule has 30 heavy (non-hydrogen) atoms. The van der Waals surface area contributed by atoms with Gasteiger partial charge in [0.1, 0.15) is 18.2 Å². The van der Waals surface area contributed by atoms with Crippen molar-refractivity contribution in [2.24, 2.45) is 4.99 Å². The van der Waals surface area contributed by atoms with Crippen LogP contribution in [-0.2, 0) is 19.6 Å². The lowest BCUT2D eigenvalue weighted by Gasteiger charge is -2.11. The van der Waals surface area contributed by atoms with E-state index in [4.69, 9.17) is 4.74 Å². The van der Waals surface area contributed by atoms with Crippen molar-refractivity contribution in [2.75, 3.05) is 13.1 Å². The van der Waals surface area contributed by atoms with Crippen LogP contribution in [0.5, 0.6) is 5.75 Å². The summed E-state index contributed by atoms with van der Waals surface area (Å²) < 4.78 is 19.0. The number of nitrogens with one attached hydrogen (secondary N) is 2. The summed E-state index contributed by atoms with van der Waals surface area (Å²) in [5.74, 6) is 1.33. The predicted molar refractivity (Wildman–Crippen MR) is 118 cm³/mol. The second kappa shape index (κ2) is 11.6. The fourth-order valence-corrected chi connectivity index (χ4v) is 2.86. The van der Waals surface area contributed by atoms with Gasteiger partial charge in [0.2, 0.25) is 0 Å². The average Bonchev–Trinajstić information content (AvgIpc) is 2.77. The first-order valence-corrected chi connectivity index (χ1v) is 10.1. The molecular formula is C24H27FN4O. The lowest BCUT2D eigenvalue weighted by atomic mass is 10.1. The maximum Gasteiger partial charge on any atom is 0.191 e. The van der Waals surface area contributed by atoms with E-state index in [2.05, 4.69) is 20.6 Å². The molecule has 0 unspecified atom stereocenters. The minimum atomic E-state index is -0.208. The number of aromatic nitrogens is 1. The van der Waals surface area contributed by atoms with Gasteiger partial charge in [0.25, 0.3) is 0 Å². The Balaban J connectivity index is 1.48. The van der Waals surface area contributed by atoms with Crippen LogP contribution in [0, 0.1) is 5.82 Å². The highest BCUT2D eigenvalue weighted by molar-refractivity contribution is 5.79. The number of hydrogen-bond acceptors (Lipinski definition) is 3. The summed E-state index contributed by atoms with van der Waals surface area (Å²) >= 11 is 0. The first kappa shape index (κ1) is 21.3. The molecule has 0 aliphatic heterocycles. The minimum absolute atomic E-state index is 0.208. The third-order valence-electron chi connectivity index (χ3n) is 4.40. The van der Waals surface area contributed by atoms with Crippen molar-refractivity contribution >= 4 is 5.96 Å². The number of pyridine rings is 1. The molecule has 0 aliphatic rings. The highest BCUT2D eigenvalue weighted by atomic mass is 19.1. The van der Waals surface area contributed by atoms with Gasteiger partial charge in [-0.25, -0.2) is 9.38 Å². The zero-order valence-electron chi connectivity index (χ0n) is 17.1. The van der Waals surface area contributed by atoms with Gasteiger partial charge in [-0.15, -0.1) is 0 Å². The topological polar surface area (TPSA) is 58.5 Å². The van der Waals surface area contributed by atoms with Gasteiger partial charge in [-0.2, -0.15) is 0 Å². The lowest BCUT2D eigenvalue weighted by molar-refractivity contribution is 0.301. The molecule has 156 valence electrons. The summed E-state index contributed by atoms with van der Waals surface area (Å²) in [4.78, 5) is 8.88. The van der Waals surface area contributed by atoms with Crippen molar-refractivity contribution in [1.29, 1.82) is 0 Å². The maximum absolute atomic E-state index is 13.3. The number of halogens is 1. The van der Waals surface area contributed by atoms with E-state index < -0.39 is 0 Å². The maximum atomic E-state index is 13.3. The largest absolute Gasteiger partial charge is 0.487 e. The van der Waals surface area contributed by atoms with Gasteiger partial charge in [-0.05, 0) is 60.9 Å². The Kier molecular flexibility index (Phi) is 8.21. The van der Waals surface area contributed by atoms with Gasteiger partial charge in [0.15, 0.2) is 5.96 Å².